The second kappa shape index (κ2) is 6.42. The lowest BCUT2D eigenvalue weighted by Gasteiger charge is -2.09. The number of hydrogen-bond acceptors (Lipinski definition) is 5. The number of aliphatic hydroxyl groups is 1. The fourth-order valence-electron chi connectivity index (χ4n) is 1.37. The third-order valence-corrected chi connectivity index (χ3v) is 3.88. The number of hydrogen-bond donors (Lipinski definition) is 3. The van der Waals surface area contributed by atoms with E-state index in [9.17, 15) is 17.6 Å². The molecule has 9 heteroatoms. The minimum absolute atomic E-state index is 0.355. The Morgan fingerprint density at radius 2 is 2.15 bits per heavy atom. The quantitative estimate of drug-likeness (QED) is 0.668. The maximum Gasteiger partial charge on any atom is 0.332 e. The Morgan fingerprint density at radius 3 is 2.70 bits per heavy atom. The number of sulfonamides is 1. The van der Waals surface area contributed by atoms with Crippen LogP contribution in [-0.2, 0) is 14.8 Å². The Morgan fingerprint density at radius 1 is 1.50 bits per heavy atom. The van der Waals surface area contributed by atoms with Gasteiger partial charge in [-0.2, -0.15) is 5.26 Å². The average Bonchev–Trinajstić information content (AvgIpc) is 2.37. The summed E-state index contributed by atoms with van der Waals surface area (Å²) >= 11 is 0. The topological polar surface area (TPSA) is 127 Å². The van der Waals surface area contributed by atoms with Gasteiger partial charge in [-0.15, -0.1) is 0 Å². The van der Waals surface area contributed by atoms with Crippen LogP contribution in [0.3, 0.4) is 0 Å². The van der Waals surface area contributed by atoms with Gasteiger partial charge in [0.2, 0.25) is 10.0 Å². The fraction of sp³-hybridized carbons (Fsp3) is 0.273. The van der Waals surface area contributed by atoms with Crippen LogP contribution < -0.4 is 4.72 Å². The first-order chi connectivity index (χ1) is 9.29. The van der Waals surface area contributed by atoms with Gasteiger partial charge in [0.25, 0.3) is 0 Å². The summed E-state index contributed by atoms with van der Waals surface area (Å²) in [6.45, 7) is -0.364. The highest BCUT2D eigenvalue weighted by Gasteiger charge is 2.21. The Hall–Kier alpha value is -2.02. The van der Waals surface area contributed by atoms with Crippen LogP contribution in [0.25, 0.3) is 0 Å². The molecular formula is C11H11FN2O5S. The third kappa shape index (κ3) is 3.74. The maximum atomic E-state index is 13.3. The van der Waals surface area contributed by atoms with Crippen molar-refractivity contribution in [1.29, 1.82) is 5.26 Å². The third-order valence-electron chi connectivity index (χ3n) is 2.37. The van der Waals surface area contributed by atoms with Gasteiger partial charge in [-0.25, -0.2) is 22.3 Å². The van der Waals surface area contributed by atoms with Crippen LogP contribution in [0, 0.1) is 17.1 Å². The molecule has 1 atom stereocenters. The van der Waals surface area contributed by atoms with E-state index in [1.807, 2.05) is 4.72 Å². The monoisotopic (exact) mass is 302 g/mol. The zero-order valence-corrected chi connectivity index (χ0v) is 10.9. The molecule has 0 aliphatic rings. The fourth-order valence-corrected chi connectivity index (χ4v) is 2.58. The van der Waals surface area contributed by atoms with Crippen LogP contribution in [0.5, 0.6) is 0 Å². The number of carboxylic acids is 1. The van der Waals surface area contributed by atoms with E-state index in [4.69, 9.17) is 15.5 Å². The predicted octanol–water partition coefficient (Wildman–Crippen LogP) is -0.189. The van der Waals surface area contributed by atoms with E-state index in [1.165, 1.54) is 6.07 Å². The molecule has 0 spiro atoms. The number of nitriles is 1. The van der Waals surface area contributed by atoms with Gasteiger partial charge in [0.05, 0.1) is 0 Å². The van der Waals surface area contributed by atoms with Gasteiger partial charge in [-0.05, 0) is 18.6 Å². The van der Waals surface area contributed by atoms with Crippen molar-refractivity contribution >= 4 is 16.0 Å². The number of carbonyl (C=O) groups is 1. The van der Waals surface area contributed by atoms with Crippen molar-refractivity contribution in [3.63, 3.8) is 0 Å². The maximum absolute atomic E-state index is 13.3. The van der Waals surface area contributed by atoms with Crippen molar-refractivity contribution in [2.75, 3.05) is 6.54 Å². The molecule has 0 fully saturated rings. The van der Waals surface area contributed by atoms with E-state index in [2.05, 4.69) is 0 Å². The van der Waals surface area contributed by atoms with E-state index in [1.54, 1.807) is 0 Å². The molecule has 0 amide bonds. The number of benzene rings is 1. The highest BCUT2D eigenvalue weighted by atomic mass is 32.2. The van der Waals surface area contributed by atoms with Gasteiger partial charge in [0, 0.05) is 6.54 Å². The number of rotatable bonds is 6. The van der Waals surface area contributed by atoms with E-state index in [0.717, 1.165) is 18.2 Å². The Labute approximate surface area is 114 Å². The van der Waals surface area contributed by atoms with Gasteiger partial charge in [0.15, 0.2) is 6.10 Å². The Balaban J connectivity index is 2.88. The van der Waals surface area contributed by atoms with Gasteiger partial charge < -0.3 is 10.2 Å². The van der Waals surface area contributed by atoms with Crippen LogP contribution in [-0.4, -0.2) is 37.2 Å². The molecule has 0 aromatic heterocycles. The van der Waals surface area contributed by atoms with Crippen molar-refractivity contribution in [3.8, 4) is 6.07 Å². The molecule has 1 aromatic rings. The van der Waals surface area contributed by atoms with Crippen LogP contribution in [0.2, 0.25) is 0 Å². The molecule has 0 heterocycles. The normalized spacial score (nSPS) is 12.7. The summed E-state index contributed by atoms with van der Waals surface area (Å²) in [7, 11) is -4.16. The minimum atomic E-state index is -4.16. The molecule has 0 bridgehead atoms. The number of nitrogens with one attached hydrogen (secondary N) is 1. The number of halogens is 1. The molecule has 0 aliphatic carbocycles. The summed E-state index contributed by atoms with van der Waals surface area (Å²) < 4.78 is 39.0. The highest BCUT2D eigenvalue weighted by molar-refractivity contribution is 7.89. The number of nitrogens with zero attached hydrogens (tertiary/aromatic N) is 1. The van der Waals surface area contributed by atoms with E-state index in [0.29, 0.717) is 0 Å². The lowest BCUT2D eigenvalue weighted by molar-refractivity contribution is -0.146. The van der Waals surface area contributed by atoms with E-state index >= 15 is 0 Å². The van der Waals surface area contributed by atoms with Gasteiger partial charge in [-0.3, -0.25) is 0 Å². The molecule has 0 saturated carbocycles. The van der Waals surface area contributed by atoms with Crippen molar-refractivity contribution in [2.45, 2.75) is 17.4 Å². The summed E-state index contributed by atoms with van der Waals surface area (Å²) in [5, 5.41) is 26.2. The Bertz CT molecular complexity index is 653. The lowest BCUT2D eigenvalue weighted by Crippen LogP contribution is -2.30. The van der Waals surface area contributed by atoms with Crippen molar-refractivity contribution in [1.82, 2.24) is 4.72 Å². The summed E-state index contributed by atoms with van der Waals surface area (Å²) in [4.78, 5) is 9.81. The molecule has 1 unspecified atom stereocenters. The SMILES string of the molecule is N#Cc1c(F)cccc1S(=O)(=O)NCCC(O)C(=O)O. The minimum Gasteiger partial charge on any atom is -0.479 e. The van der Waals surface area contributed by atoms with Crippen LogP contribution in [0.1, 0.15) is 12.0 Å². The standard InChI is InChI=1S/C11H11FN2O5S/c12-8-2-1-3-10(7(8)6-13)20(18,19)14-5-4-9(15)11(16)17/h1-3,9,14-15H,4-5H2,(H,16,17). The van der Waals surface area contributed by atoms with Crippen LogP contribution in [0.15, 0.2) is 23.1 Å². The Kier molecular flexibility index (Phi) is 5.15. The van der Waals surface area contributed by atoms with Crippen molar-refractivity contribution in [3.05, 3.63) is 29.6 Å². The molecule has 3 N–H and O–H groups in total. The molecule has 0 radical (unpaired) electrons. The second-order valence-corrected chi connectivity index (χ2v) is 5.50. The first-order valence-corrected chi connectivity index (χ1v) is 6.87. The molecule has 0 saturated heterocycles. The molecule has 20 heavy (non-hydrogen) atoms. The summed E-state index contributed by atoms with van der Waals surface area (Å²) in [5.41, 5.74) is -0.626. The van der Waals surface area contributed by atoms with Crippen molar-refractivity contribution in [2.24, 2.45) is 0 Å². The smallest absolute Gasteiger partial charge is 0.332 e. The predicted molar refractivity (Wildman–Crippen MR) is 64.6 cm³/mol. The van der Waals surface area contributed by atoms with Crippen molar-refractivity contribution < 1.29 is 27.8 Å². The molecule has 1 rings (SSSR count). The highest BCUT2D eigenvalue weighted by Crippen LogP contribution is 2.17. The molecular weight excluding hydrogens is 291 g/mol. The average molecular weight is 302 g/mol. The van der Waals surface area contributed by atoms with Gasteiger partial charge >= 0.3 is 5.97 Å². The first-order valence-electron chi connectivity index (χ1n) is 5.38. The molecule has 108 valence electrons. The van der Waals surface area contributed by atoms with Gasteiger partial charge in [0.1, 0.15) is 22.3 Å². The zero-order valence-electron chi connectivity index (χ0n) is 10.1. The van der Waals surface area contributed by atoms with Gasteiger partial charge in [-0.1, -0.05) is 6.07 Å². The zero-order chi connectivity index (χ0) is 15.3. The van der Waals surface area contributed by atoms with Crippen LogP contribution in [0.4, 0.5) is 4.39 Å². The largest absolute Gasteiger partial charge is 0.479 e. The van der Waals surface area contributed by atoms with E-state index in [-0.39, 0.29) is 13.0 Å². The molecule has 7 nitrogen and oxygen atoms in total. The molecule has 1 aromatic carbocycles. The first kappa shape index (κ1) is 16.0. The van der Waals surface area contributed by atoms with Crippen LogP contribution >= 0.6 is 0 Å². The summed E-state index contributed by atoms with van der Waals surface area (Å²) in [6, 6.07) is 4.59. The number of carboxylic acid groups (broad SMARTS) is 1. The molecule has 0 aliphatic heterocycles. The number of aliphatic carboxylic acids is 1. The number of aliphatic hydroxyl groups excluding tert-OH is 1. The lowest BCUT2D eigenvalue weighted by atomic mass is 10.2. The summed E-state index contributed by atoms with van der Waals surface area (Å²) in [5.74, 6) is -2.45. The summed E-state index contributed by atoms with van der Waals surface area (Å²) in [6.07, 6.45) is -2.06. The van der Waals surface area contributed by atoms with E-state index < -0.39 is 38.4 Å². The second-order valence-electron chi connectivity index (χ2n) is 3.77.